The molecule has 110 valence electrons. The monoisotopic (exact) mass is 286 g/mol. The molecule has 0 spiro atoms. The Morgan fingerprint density at radius 2 is 2.10 bits per heavy atom. The number of aliphatic hydroxyl groups excluding tert-OH is 1. The topological polar surface area (TPSA) is 66.6 Å². The molecule has 1 aliphatic carbocycles. The van der Waals surface area contributed by atoms with Crippen molar-refractivity contribution in [2.45, 2.75) is 31.7 Å². The van der Waals surface area contributed by atoms with Crippen LogP contribution in [0.2, 0.25) is 0 Å². The SMILES string of the molecule is O=[N+]([O-])c1ccc(F)c(F)c1N(CCCO)C1CCC1. The van der Waals surface area contributed by atoms with Gasteiger partial charge in [0.2, 0.25) is 0 Å². The molecule has 1 aromatic carbocycles. The van der Waals surface area contributed by atoms with Crippen LogP contribution < -0.4 is 4.90 Å². The average molecular weight is 286 g/mol. The van der Waals surface area contributed by atoms with Crippen molar-refractivity contribution in [2.75, 3.05) is 18.1 Å². The molecule has 5 nitrogen and oxygen atoms in total. The second kappa shape index (κ2) is 6.13. The van der Waals surface area contributed by atoms with E-state index >= 15 is 0 Å². The number of nitro groups is 1. The van der Waals surface area contributed by atoms with Gasteiger partial charge in [-0.2, -0.15) is 0 Å². The van der Waals surface area contributed by atoms with Crippen molar-refractivity contribution in [3.05, 3.63) is 33.9 Å². The zero-order chi connectivity index (χ0) is 14.7. The molecule has 20 heavy (non-hydrogen) atoms. The Morgan fingerprint density at radius 1 is 1.40 bits per heavy atom. The molecule has 0 aliphatic heterocycles. The third kappa shape index (κ3) is 2.72. The number of aliphatic hydroxyl groups is 1. The van der Waals surface area contributed by atoms with Crippen LogP contribution in [0, 0.1) is 21.7 Å². The summed E-state index contributed by atoms with van der Waals surface area (Å²) in [6.45, 7) is 0.163. The molecule has 0 amide bonds. The van der Waals surface area contributed by atoms with Gasteiger partial charge in [-0.25, -0.2) is 8.78 Å². The van der Waals surface area contributed by atoms with Crippen LogP contribution in [0.15, 0.2) is 12.1 Å². The minimum atomic E-state index is -1.19. The molecule has 1 fully saturated rings. The fourth-order valence-corrected chi connectivity index (χ4v) is 2.37. The number of benzene rings is 1. The Bertz CT molecular complexity index is 507. The predicted octanol–water partition coefficient (Wildman–Crippen LogP) is 2.61. The molecule has 0 saturated heterocycles. The minimum Gasteiger partial charge on any atom is -0.396 e. The number of nitro benzene ring substituents is 1. The summed E-state index contributed by atoms with van der Waals surface area (Å²) >= 11 is 0. The molecular weight excluding hydrogens is 270 g/mol. The normalized spacial score (nSPS) is 14.9. The summed E-state index contributed by atoms with van der Waals surface area (Å²) in [5.41, 5.74) is -0.734. The number of nitrogens with zero attached hydrogens (tertiary/aromatic N) is 2. The third-order valence-electron chi connectivity index (χ3n) is 3.60. The van der Waals surface area contributed by atoms with Crippen molar-refractivity contribution in [2.24, 2.45) is 0 Å². The molecule has 1 N–H and O–H groups in total. The van der Waals surface area contributed by atoms with E-state index in [4.69, 9.17) is 5.11 Å². The molecule has 0 atom stereocenters. The molecule has 7 heteroatoms. The van der Waals surface area contributed by atoms with Crippen LogP contribution in [-0.4, -0.2) is 29.2 Å². The summed E-state index contributed by atoms with van der Waals surface area (Å²) < 4.78 is 27.5. The fourth-order valence-electron chi connectivity index (χ4n) is 2.37. The zero-order valence-electron chi connectivity index (χ0n) is 10.9. The van der Waals surface area contributed by atoms with Gasteiger partial charge in [-0.15, -0.1) is 0 Å². The van der Waals surface area contributed by atoms with Crippen LogP contribution in [0.4, 0.5) is 20.2 Å². The lowest BCUT2D eigenvalue weighted by atomic mass is 9.90. The smallest absolute Gasteiger partial charge is 0.295 e. The Labute approximate surface area is 115 Å². The van der Waals surface area contributed by atoms with E-state index in [9.17, 15) is 18.9 Å². The summed E-state index contributed by atoms with van der Waals surface area (Å²) in [5.74, 6) is -2.29. The summed E-state index contributed by atoms with van der Waals surface area (Å²) in [6, 6.07) is 1.72. The number of anilines is 1. The maximum Gasteiger partial charge on any atom is 0.295 e. The molecule has 0 aromatic heterocycles. The van der Waals surface area contributed by atoms with Crippen molar-refractivity contribution < 1.29 is 18.8 Å². The molecule has 0 unspecified atom stereocenters. The lowest BCUT2D eigenvalue weighted by Crippen LogP contribution is -2.42. The van der Waals surface area contributed by atoms with Crippen molar-refractivity contribution in [3.63, 3.8) is 0 Å². The van der Waals surface area contributed by atoms with Crippen molar-refractivity contribution in [3.8, 4) is 0 Å². The molecule has 1 saturated carbocycles. The van der Waals surface area contributed by atoms with E-state index in [1.807, 2.05) is 0 Å². The van der Waals surface area contributed by atoms with Crippen LogP contribution in [0.25, 0.3) is 0 Å². The van der Waals surface area contributed by atoms with Gasteiger partial charge in [0.05, 0.1) is 4.92 Å². The first-order valence-electron chi connectivity index (χ1n) is 6.56. The lowest BCUT2D eigenvalue weighted by molar-refractivity contribution is -0.384. The maximum atomic E-state index is 14.0. The second-order valence-corrected chi connectivity index (χ2v) is 4.84. The third-order valence-corrected chi connectivity index (χ3v) is 3.60. The van der Waals surface area contributed by atoms with Gasteiger partial charge in [0.15, 0.2) is 17.3 Å². The molecule has 0 radical (unpaired) electrons. The molecular formula is C13H16F2N2O3. The van der Waals surface area contributed by atoms with Gasteiger partial charge in [0, 0.05) is 25.3 Å². The highest BCUT2D eigenvalue weighted by molar-refractivity contribution is 5.65. The molecule has 0 bridgehead atoms. The Hall–Kier alpha value is -1.76. The predicted molar refractivity (Wildman–Crippen MR) is 69.7 cm³/mol. The van der Waals surface area contributed by atoms with Gasteiger partial charge in [-0.1, -0.05) is 0 Å². The first kappa shape index (κ1) is 14.6. The van der Waals surface area contributed by atoms with Crippen LogP contribution in [0.3, 0.4) is 0 Å². The first-order valence-corrected chi connectivity index (χ1v) is 6.56. The van der Waals surface area contributed by atoms with Crippen LogP contribution in [-0.2, 0) is 0 Å². The standard InChI is InChI=1S/C13H16F2N2O3/c14-10-5-6-11(17(19)20)13(12(10)15)16(7-2-8-18)9-3-1-4-9/h5-6,9,18H,1-4,7-8H2. The first-order chi connectivity index (χ1) is 9.56. The van der Waals surface area contributed by atoms with Crippen LogP contribution >= 0.6 is 0 Å². The number of rotatable bonds is 6. The van der Waals surface area contributed by atoms with Gasteiger partial charge < -0.3 is 10.0 Å². The van der Waals surface area contributed by atoms with Crippen LogP contribution in [0.1, 0.15) is 25.7 Å². The lowest BCUT2D eigenvalue weighted by Gasteiger charge is -2.39. The van der Waals surface area contributed by atoms with Gasteiger partial charge in [-0.3, -0.25) is 10.1 Å². The Morgan fingerprint density at radius 3 is 2.60 bits per heavy atom. The second-order valence-electron chi connectivity index (χ2n) is 4.84. The van der Waals surface area contributed by atoms with E-state index < -0.39 is 22.2 Å². The Balaban J connectivity index is 2.44. The maximum absolute atomic E-state index is 14.0. The summed E-state index contributed by atoms with van der Waals surface area (Å²) in [4.78, 5) is 11.9. The number of hydrogen-bond acceptors (Lipinski definition) is 4. The van der Waals surface area contributed by atoms with E-state index in [0.717, 1.165) is 31.4 Å². The van der Waals surface area contributed by atoms with E-state index in [1.54, 1.807) is 0 Å². The number of hydrogen-bond donors (Lipinski definition) is 1. The molecule has 1 aromatic rings. The Kier molecular flexibility index (Phi) is 4.49. The van der Waals surface area contributed by atoms with E-state index in [2.05, 4.69) is 0 Å². The molecule has 0 heterocycles. The summed E-state index contributed by atoms with van der Waals surface area (Å²) in [7, 11) is 0. The fraction of sp³-hybridized carbons (Fsp3) is 0.538. The van der Waals surface area contributed by atoms with E-state index in [0.29, 0.717) is 6.42 Å². The van der Waals surface area contributed by atoms with Crippen molar-refractivity contribution >= 4 is 11.4 Å². The minimum absolute atomic E-state index is 0.0310. The quantitative estimate of drug-likeness (QED) is 0.645. The van der Waals surface area contributed by atoms with Crippen molar-refractivity contribution in [1.29, 1.82) is 0 Å². The summed E-state index contributed by atoms with van der Waals surface area (Å²) in [5, 5.41) is 19.9. The molecule has 2 rings (SSSR count). The highest BCUT2D eigenvalue weighted by Gasteiger charge is 2.33. The van der Waals surface area contributed by atoms with Crippen LogP contribution in [0.5, 0.6) is 0 Å². The largest absolute Gasteiger partial charge is 0.396 e. The van der Waals surface area contributed by atoms with Gasteiger partial charge in [0.25, 0.3) is 5.69 Å². The van der Waals surface area contributed by atoms with Gasteiger partial charge in [-0.05, 0) is 31.7 Å². The number of halogens is 2. The van der Waals surface area contributed by atoms with Crippen molar-refractivity contribution in [1.82, 2.24) is 0 Å². The average Bonchev–Trinajstić information content (AvgIpc) is 2.35. The summed E-state index contributed by atoms with van der Waals surface area (Å²) in [6.07, 6.45) is 2.89. The zero-order valence-corrected chi connectivity index (χ0v) is 10.9. The van der Waals surface area contributed by atoms with E-state index in [1.165, 1.54) is 4.90 Å². The highest BCUT2D eigenvalue weighted by Crippen LogP contribution is 2.38. The molecule has 1 aliphatic rings. The van der Waals surface area contributed by atoms with Gasteiger partial charge in [0.1, 0.15) is 0 Å². The van der Waals surface area contributed by atoms with E-state index in [-0.39, 0.29) is 24.9 Å². The van der Waals surface area contributed by atoms with Gasteiger partial charge >= 0.3 is 0 Å². The highest BCUT2D eigenvalue weighted by atomic mass is 19.2.